The number of carbonyl (C=O) groups is 1. The van der Waals surface area contributed by atoms with Gasteiger partial charge in [-0.3, -0.25) is 9.10 Å². The molecule has 0 atom stereocenters. The van der Waals surface area contributed by atoms with Crippen LogP contribution in [0.2, 0.25) is 5.02 Å². The molecule has 2 heterocycles. The Labute approximate surface area is 194 Å². The maximum atomic E-state index is 13.4. The van der Waals surface area contributed by atoms with E-state index in [9.17, 15) is 17.6 Å². The zero-order valence-corrected chi connectivity index (χ0v) is 18.6. The van der Waals surface area contributed by atoms with Crippen LogP contribution in [0.5, 0.6) is 0 Å². The number of hydrogen-bond donors (Lipinski definition) is 1. The van der Waals surface area contributed by atoms with Crippen molar-refractivity contribution in [2.24, 2.45) is 0 Å². The van der Waals surface area contributed by atoms with Gasteiger partial charge in [-0.2, -0.15) is 9.61 Å². The molecule has 0 radical (unpaired) electrons. The third-order valence-electron chi connectivity index (χ3n) is 4.70. The van der Waals surface area contributed by atoms with Crippen LogP contribution < -0.4 is 9.62 Å². The Hall–Kier alpha value is -3.76. The molecule has 0 aliphatic carbocycles. The number of hydrogen-bond acceptors (Lipinski definition) is 5. The minimum Gasteiger partial charge on any atom is -0.306 e. The SMILES string of the molecule is C=CCN(c1ccc(F)cc1)S(=O)(=O)c1cc(C(=O)Nc2ccnc3ccnn23)ccc1Cl. The van der Waals surface area contributed by atoms with Crippen molar-refractivity contribution in [2.75, 3.05) is 16.2 Å². The van der Waals surface area contributed by atoms with Crippen LogP contribution >= 0.6 is 11.6 Å². The Kier molecular flexibility index (Phi) is 6.12. The molecule has 0 spiro atoms. The molecule has 8 nitrogen and oxygen atoms in total. The maximum Gasteiger partial charge on any atom is 0.266 e. The third-order valence-corrected chi connectivity index (χ3v) is 6.98. The number of rotatable bonds is 7. The van der Waals surface area contributed by atoms with Crippen LogP contribution in [0.25, 0.3) is 5.65 Å². The molecule has 0 saturated heterocycles. The zero-order chi connectivity index (χ0) is 23.6. The van der Waals surface area contributed by atoms with E-state index in [1.807, 2.05) is 0 Å². The number of amides is 1. The average molecular weight is 486 g/mol. The molecule has 33 heavy (non-hydrogen) atoms. The summed E-state index contributed by atoms with van der Waals surface area (Å²) >= 11 is 6.22. The molecule has 0 fully saturated rings. The Morgan fingerprint density at radius 2 is 1.91 bits per heavy atom. The van der Waals surface area contributed by atoms with Gasteiger partial charge in [-0.25, -0.2) is 17.8 Å². The predicted molar refractivity (Wildman–Crippen MR) is 124 cm³/mol. The Balaban J connectivity index is 1.70. The molecule has 4 rings (SSSR count). The molecule has 4 aromatic rings. The quantitative estimate of drug-likeness (QED) is 0.396. The Bertz CT molecular complexity index is 1450. The summed E-state index contributed by atoms with van der Waals surface area (Å²) in [6.07, 6.45) is 4.44. The smallest absolute Gasteiger partial charge is 0.266 e. The first-order valence-corrected chi connectivity index (χ1v) is 11.4. The first kappa shape index (κ1) is 22.4. The van der Waals surface area contributed by atoms with E-state index in [1.165, 1.54) is 53.3 Å². The van der Waals surface area contributed by atoms with Crippen molar-refractivity contribution in [1.29, 1.82) is 0 Å². The molecule has 2 aromatic carbocycles. The highest BCUT2D eigenvalue weighted by molar-refractivity contribution is 7.93. The highest BCUT2D eigenvalue weighted by Crippen LogP contribution is 2.30. The van der Waals surface area contributed by atoms with Crippen molar-refractivity contribution in [3.05, 3.63) is 96.0 Å². The standard InChI is InChI=1S/C22H17ClFN5O3S/c1-2-13-28(17-6-4-16(24)5-7-17)33(31,32)19-14-15(3-8-18(19)23)22(30)27-21-9-11-25-20-10-12-26-29(20)21/h2-12,14H,1,13H2,(H,27,30). The van der Waals surface area contributed by atoms with Crippen molar-refractivity contribution in [3.63, 3.8) is 0 Å². The molecule has 0 saturated carbocycles. The zero-order valence-electron chi connectivity index (χ0n) is 17.0. The van der Waals surface area contributed by atoms with E-state index in [1.54, 1.807) is 12.1 Å². The van der Waals surface area contributed by atoms with Gasteiger partial charge in [0.25, 0.3) is 15.9 Å². The van der Waals surface area contributed by atoms with Gasteiger partial charge < -0.3 is 5.32 Å². The highest BCUT2D eigenvalue weighted by Gasteiger charge is 2.28. The van der Waals surface area contributed by atoms with Gasteiger partial charge in [-0.15, -0.1) is 6.58 Å². The second-order valence-electron chi connectivity index (χ2n) is 6.83. The van der Waals surface area contributed by atoms with Crippen LogP contribution in [0, 0.1) is 5.82 Å². The second-order valence-corrected chi connectivity index (χ2v) is 9.07. The number of carbonyl (C=O) groups excluding carboxylic acids is 1. The van der Waals surface area contributed by atoms with Gasteiger partial charge in [0.2, 0.25) is 0 Å². The van der Waals surface area contributed by atoms with Gasteiger partial charge in [-0.1, -0.05) is 17.7 Å². The lowest BCUT2D eigenvalue weighted by atomic mass is 10.2. The summed E-state index contributed by atoms with van der Waals surface area (Å²) in [6, 6.07) is 12.1. The van der Waals surface area contributed by atoms with E-state index in [2.05, 4.69) is 22.0 Å². The summed E-state index contributed by atoms with van der Waals surface area (Å²) in [5, 5.41) is 6.72. The van der Waals surface area contributed by atoms with Crippen LogP contribution in [0.15, 0.2) is 84.5 Å². The van der Waals surface area contributed by atoms with Crippen LogP contribution in [-0.4, -0.2) is 35.5 Å². The van der Waals surface area contributed by atoms with Crippen LogP contribution in [0.3, 0.4) is 0 Å². The van der Waals surface area contributed by atoms with E-state index in [-0.39, 0.29) is 27.7 Å². The fourth-order valence-electron chi connectivity index (χ4n) is 3.15. The van der Waals surface area contributed by atoms with Gasteiger partial charge in [-0.05, 0) is 48.5 Å². The molecular weight excluding hydrogens is 469 g/mol. The summed E-state index contributed by atoms with van der Waals surface area (Å²) < 4.78 is 42.7. The largest absolute Gasteiger partial charge is 0.306 e. The van der Waals surface area contributed by atoms with E-state index in [4.69, 9.17) is 11.6 Å². The predicted octanol–water partition coefficient (Wildman–Crippen LogP) is 4.16. The van der Waals surface area contributed by atoms with Crippen molar-refractivity contribution in [1.82, 2.24) is 14.6 Å². The number of sulfonamides is 1. The fraction of sp³-hybridized carbons (Fsp3) is 0.0455. The topological polar surface area (TPSA) is 96.7 Å². The minimum absolute atomic E-state index is 0.0627. The van der Waals surface area contributed by atoms with Gasteiger partial charge in [0.15, 0.2) is 5.65 Å². The van der Waals surface area contributed by atoms with Crippen molar-refractivity contribution in [3.8, 4) is 0 Å². The van der Waals surface area contributed by atoms with E-state index >= 15 is 0 Å². The van der Waals surface area contributed by atoms with Gasteiger partial charge in [0.05, 0.1) is 23.5 Å². The molecule has 1 N–H and O–H groups in total. The van der Waals surface area contributed by atoms with Crippen LogP contribution in [0.4, 0.5) is 15.9 Å². The lowest BCUT2D eigenvalue weighted by molar-refractivity contribution is 0.102. The average Bonchev–Trinajstić information content (AvgIpc) is 3.28. The maximum absolute atomic E-state index is 13.4. The minimum atomic E-state index is -4.21. The molecule has 11 heteroatoms. The van der Waals surface area contributed by atoms with Crippen molar-refractivity contribution < 1.29 is 17.6 Å². The van der Waals surface area contributed by atoms with E-state index < -0.39 is 21.7 Å². The van der Waals surface area contributed by atoms with Crippen molar-refractivity contribution >= 4 is 44.7 Å². The number of fused-ring (bicyclic) bond motifs is 1. The molecule has 0 aliphatic heterocycles. The first-order chi connectivity index (χ1) is 15.8. The van der Waals surface area contributed by atoms with Gasteiger partial charge in [0.1, 0.15) is 16.5 Å². The molecule has 0 aliphatic rings. The first-order valence-electron chi connectivity index (χ1n) is 9.60. The molecule has 1 amide bonds. The number of benzene rings is 2. The highest BCUT2D eigenvalue weighted by atomic mass is 35.5. The molecule has 0 unspecified atom stereocenters. The lowest BCUT2D eigenvalue weighted by Gasteiger charge is -2.24. The summed E-state index contributed by atoms with van der Waals surface area (Å²) in [7, 11) is -4.21. The molecule has 2 aromatic heterocycles. The molecule has 0 bridgehead atoms. The summed E-state index contributed by atoms with van der Waals surface area (Å²) in [5.74, 6) is -0.717. The number of halogens is 2. The van der Waals surface area contributed by atoms with Crippen LogP contribution in [0.1, 0.15) is 10.4 Å². The van der Waals surface area contributed by atoms with Gasteiger partial charge >= 0.3 is 0 Å². The van der Waals surface area contributed by atoms with Gasteiger partial charge in [0, 0.05) is 17.8 Å². The lowest BCUT2D eigenvalue weighted by Crippen LogP contribution is -2.31. The fourth-order valence-corrected chi connectivity index (χ4v) is 5.08. The molecular formula is C22H17ClFN5O3S. The third kappa shape index (κ3) is 4.43. The Morgan fingerprint density at radius 1 is 1.15 bits per heavy atom. The van der Waals surface area contributed by atoms with Crippen LogP contribution in [-0.2, 0) is 10.0 Å². The number of aromatic nitrogens is 3. The van der Waals surface area contributed by atoms with Crippen molar-refractivity contribution in [2.45, 2.75) is 4.90 Å². The monoisotopic (exact) mass is 485 g/mol. The number of nitrogens with zero attached hydrogens (tertiary/aromatic N) is 4. The normalized spacial score (nSPS) is 11.3. The number of anilines is 2. The number of nitrogens with one attached hydrogen (secondary N) is 1. The van der Waals surface area contributed by atoms with E-state index in [0.29, 0.717) is 11.5 Å². The summed E-state index contributed by atoms with van der Waals surface area (Å²) in [4.78, 5) is 16.7. The summed E-state index contributed by atoms with van der Waals surface area (Å²) in [5.41, 5.74) is 0.819. The summed E-state index contributed by atoms with van der Waals surface area (Å²) in [6.45, 7) is 3.51. The second kappa shape index (κ2) is 9.00. The molecule has 168 valence electrons. The van der Waals surface area contributed by atoms with E-state index in [0.717, 1.165) is 16.4 Å². The Morgan fingerprint density at radius 3 is 2.64 bits per heavy atom.